The van der Waals surface area contributed by atoms with Crippen LogP contribution in [0.25, 0.3) is 0 Å². The molecule has 1 saturated carbocycles. The number of ether oxygens (including phenoxy) is 1. The van der Waals surface area contributed by atoms with Crippen molar-refractivity contribution < 1.29 is 30.3 Å². The largest absolute Gasteiger partial charge is 0.393 e. The quantitative estimate of drug-likeness (QED) is 0.301. The average molecular weight is 192 g/mol. The van der Waals surface area contributed by atoms with Crippen molar-refractivity contribution >= 4 is 0 Å². The molecule has 1 saturated heterocycles. The molecule has 0 aromatic rings. The molecule has 0 aromatic heterocycles. The smallest absolute Gasteiger partial charge is 0.184 e. The summed E-state index contributed by atoms with van der Waals surface area (Å²) in [5.74, 6) is 0. The lowest BCUT2D eigenvalue weighted by molar-refractivity contribution is -0.287. The van der Waals surface area contributed by atoms with Crippen LogP contribution in [0, 0.1) is 0 Å². The number of rotatable bonds is 1. The summed E-state index contributed by atoms with van der Waals surface area (Å²) >= 11 is 0. The second-order valence-electron chi connectivity index (χ2n) is 3.70. The van der Waals surface area contributed by atoms with E-state index in [2.05, 4.69) is 0 Å². The second kappa shape index (κ2) is 2.41. The normalized spacial score (nSPS) is 60.2. The van der Waals surface area contributed by atoms with E-state index < -0.39 is 36.3 Å². The van der Waals surface area contributed by atoms with Gasteiger partial charge in [-0.2, -0.15) is 0 Å². The van der Waals surface area contributed by atoms with Crippen LogP contribution in [-0.2, 0) is 4.74 Å². The minimum absolute atomic E-state index is 0.0196. The van der Waals surface area contributed by atoms with Crippen LogP contribution in [-0.4, -0.2) is 61.8 Å². The van der Waals surface area contributed by atoms with Gasteiger partial charge in [-0.05, 0) is 0 Å². The molecule has 0 aromatic carbocycles. The van der Waals surface area contributed by atoms with Gasteiger partial charge >= 0.3 is 0 Å². The van der Waals surface area contributed by atoms with Crippen molar-refractivity contribution in [3.05, 3.63) is 0 Å². The lowest BCUT2D eigenvalue weighted by Gasteiger charge is -2.36. The first-order valence-corrected chi connectivity index (χ1v) is 4.02. The monoisotopic (exact) mass is 192 g/mol. The minimum atomic E-state index is -1.62. The first-order valence-electron chi connectivity index (χ1n) is 4.02. The lowest BCUT2D eigenvalue weighted by atomic mass is 9.99. The van der Waals surface area contributed by atoms with E-state index in [1.54, 1.807) is 0 Å². The molecule has 0 radical (unpaired) electrons. The number of aliphatic hydroxyl groups is 5. The SMILES string of the molecule is OCC12CC1(O)[C@@H](O)[C@H](O)C(O)O2. The van der Waals surface area contributed by atoms with Gasteiger partial charge in [0.1, 0.15) is 23.4 Å². The van der Waals surface area contributed by atoms with E-state index in [0.717, 1.165) is 0 Å². The molecule has 1 aliphatic carbocycles. The van der Waals surface area contributed by atoms with Crippen molar-refractivity contribution in [3.8, 4) is 0 Å². The highest BCUT2D eigenvalue weighted by Gasteiger charge is 2.77. The Kier molecular flexibility index (Phi) is 1.73. The van der Waals surface area contributed by atoms with Crippen LogP contribution in [0.2, 0.25) is 0 Å². The number of aliphatic hydroxyl groups excluding tert-OH is 4. The molecule has 5 atom stereocenters. The van der Waals surface area contributed by atoms with Crippen molar-refractivity contribution in [1.29, 1.82) is 0 Å². The first-order chi connectivity index (χ1) is 5.97. The lowest BCUT2D eigenvalue weighted by Crippen LogP contribution is -2.58. The number of hydrogen-bond donors (Lipinski definition) is 5. The topological polar surface area (TPSA) is 110 Å². The third-order valence-electron chi connectivity index (χ3n) is 2.93. The maximum Gasteiger partial charge on any atom is 0.184 e. The van der Waals surface area contributed by atoms with Crippen LogP contribution in [0.3, 0.4) is 0 Å². The fourth-order valence-corrected chi connectivity index (χ4v) is 1.88. The summed E-state index contributed by atoms with van der Waals surface area (Å²) in [6.07, 6.45) is -4.56. The number of hydrogen-bond acceptors (Lipinski definition) is 6. The predicted molar refractivity (Wildman–Crippen MR) is 38.5 cm³/mol. The molecule has 1 heterocycles. The second-order valence-corrected chi connectivity index (χ2v) is 3.70. The minimum Gasteiger partial charge on any atom is -0.393 e. The summed E-state index contributed by atoms with van der Waals surface area (Å²) in [5, 5.41) is 46.2. The van der Waals surface area contributed by atoms with Crippen LogP contribution in [0.5, 0.6) is 0 Å². The van der Waals surface area contributed by atoms with E-state index >= 15 is 0 Å². The Balaban J connectivity index is 2.24. The van der Waals surface area contributed by atoms with E-state index in [0.29, 0.717) is 0 Å². The molecule has 0 spiro atoms. The van der Waals surface area contributed by atoms with Crippen molar-refractivity contribution in [1.82, 2.24) is 0 Å². The molecule has 13 heavy (non-hydrogen) atoms. The van der Waals surface area contributed by atoms with E-state index in [4.69, 9.17) is 20.1 Å². The molecule has 2 rings (SSSR count). The van der Waals surface area contributed by atoms with Gasteiger partial charge in [0.25, 0.3) is 0 Å². The molecule has 0 amide bonds. The third kappa shape index (κ3) is 0.927. The summed E-state index contributed by atoms with van der Waals surface area (Å²) in [5.41, 5.74) is -2.93. The Hall–Kier alpha value is -0.240. The average Bonchev–Trinajstić information content (AvgIpc) is 2.70. The summed E-state index contributed by atoms with van der Waals surface area (Å²) < 4.78 is 4.83. The van der Waals surface area contributed by atoms with Gasteiger partial charge in [0.15, 0.2) is 6.29 Å². The summed E-state index contributed by atoms with van der Waals surface area (Å²) in [6.45, 7) is -0.496. The molecule has 2 fully saturated rings. The third-order valence-corrected chi connectivity index (χ3v) is 2.93. The zero-order chi connectivity index (χ0) is 9.85. The van der Waals surface area contributed by atoms with Crippen molar-refractivity contribution in [2.75, 3.05) is 6.61 Å². The van der Waals surface area contributed by atoms with Gasteiger partial charge in [-0.3, -0.25) is 0 Å². The van der Waals surface area contributed by atoms with Gasteiger partial charge < -0.3 is 30.3 Å². The molecule has 1 aliphatic heterocycles. The Labute approximate surface area is 74.0 Å². The van der Waals surface area contributed by atoms with Crippen molar-refractivity contribution in [2.24, 2.45) is 0 Å². The molecule has 3 unspecified atom stereocenters. The van der Waals surface area contributed by atoms with Crippen molar-refractivity contribution in [3.63, 3.8) is 0 Å². The van der Waals surface area contributed by atoms with Crippen LogP contribution < -0.4 is 0 Å². The van der Waals surface area contributed by atoms with Gasteiger partial charge in [0, 0.05) is 6.42 Å². The molecular weight excluding hydrogens is 180 g/mol. The highest BCUT2D eigenvalue weighted by Crippen LogP contribution is 2.56. The molecule has 5 N–H and O–H groups in total. The molecule has 2 aliphatic rings. The van der Waals surface area contributed by atoms with Crippen LogP contribution in [0.15, 0.2) is 0 Å². The van der Waals surface area contributed by atoms with Crippen LogP contribution in [0.1, 0.15) is 6.42 Å². The fraction of sp³-hybridized carbons (Fsp3) is 1.00. The van der Waals surface area contributed by atoms with Gasteiger partial charge in [-0.1, -0.05) is 0 Å². The Bertz CT molecular complexity index is 231. The van der Waals surface area contributed by atoms with Crippen LogP contribution >= 0.6 is 0 Å². The Morgan fingerprint density at radius 3 is 2.46 bits per heavy atom. The molecule has 6 nitrogen and oxygen atoms in total. The predicted octanol–water partition coefficient (Wildman–Crippen LogP) is -3.08. The van der Waals surface area contributed by atoms with E-state index in [1.807, 2.05) is 0 Å². The summed E-state index contributed by atoms with van der Waals surface area (Å²) in [6, 6.07) is 0. The molecular formula is C7H12O6. The van der Waals surface area contributed by atoms with Gasteiger partial charge in [-0.25, -0.2) is 0 Å². The Morgan fingerprint density at radius 1 is 1.31 bits per heavy atom. The Morgan fingerprint density at radius 2 is 1.92 bits per heavy atom. The summed E-state index contributed by atoms with van der Waals surface area (Å²) in [7, 11) is 0. The fourth-order valence-electron chi connectivity index (χ4n) is 1.88. The summed E-state index contributed by atoms with van der Waals surface area (Å²) in [4.78, 5) is 0. The zero-order valence-electron chi connectivity index (χ0n) is 6.79. The van der Waals surface area contributed by atoms with Gasteiger partial charge in [0.2, 0.25) is 0 Å². The molecule has 76 valence electrons. The first kappa shape index (κ1) is 9.32. The standard InChI is InChI=1S/C7H12O6/c8-2-6-1-7(6,12)4(10)3(9)5(11)13-6/h3-5,8-12H,1-2H2/t3-,4-,5?,6?,7?/m0/s1. The maximum absolute atomic E-state index is 9.65. The van der Waals surface area contributed by atoms with Gasteiger partial charge in [0.05, 0.1) is 6.61 Å². The van der Waals surface area contributed by atoms with E-state index in [1.165, 1.54) is 0 Å². The van der Waals surface area contributed by atoms with Crippen LogP contribution in [0.4, 0.5) is 0 Å². The van der Waals surface area contributed by atoms with E-state index in [9.17, 15) is 10.2 Å². The molecule has 0 bridgehead atoms. The van der Waals surface area contributed by atoms with Gasteiger partial charge in [-0.15, -0.1) is 0 Å². The zero-order valence-corrected chi connectivity index (χ0v) is 6.79. The maximum atomic E-state index is 9.65. The van der Waals surface area contributed by atoms with E-state index in [-0.39, 0.29) is 6.42 Å². The van der Waals surface area contributed by atoms with Crippen molar-refractivity contribution in [2.45, 2.75) is 36.1 Å². The highest BCUT2D eigenvalue weighted by atomic mass is 16.7. The molecule has 6 heteroatoms. The number of fused-ring (bicyclic) bond motifs is 1. The highest BCUT2D eigenvalue weighted by molar-refractivity contribution is 5.26.